The molecule has 0 aliphatic heterocycles. The number of aliphatic hydroxyl groups excluding tert-OH is 1. The smallest absolute Gasteiger partial charge is 0.0548 e. The number of aliphatic hydroxyl groups is 1. The molecule has 6 nitrogen and oxygen atoms in total. The molecule has 2 unspecified atom stereocenters. The molecule has 88 valence electrons. The third-order valence-electron chi connectivity index (χ3n) is 1.98. The largest absolute Gasteiger partial charge is 0.772 e. The zero-order valence-electron chi connectivity index (χ0n) is 8.54. The van der Waals surface area contributed by atoms with Crippen molar-refractivity contribution >= 4 is 11.1 Å². The molecule has 0 radical (unpaired) electrons. The van der Waals surface area contributed by atoms with Gasteiger partial charge in [0.1, 0.15) is 0 Å². The van der Waals surface area contributed by atoms with Gasteiger partial charge in [-0.1, -0.05) is 29.0 Å². The van der Waals surface area contributed by atoms with Gasteiger partial charge in [-0.15, -0.1) is 0 Å². The quantitative estimate of drug-likeness (QED) is 0.214. The SMILES string of the molecule is [N-]=[N+]=NCCCCCC(O)CCS(=O)[O-]. The first-order valence-corrected chi connectivity index (χ1v) is 6.16. The van der Waals surface area contributed by atoms with Crippen molar-refractivity contribution < 1.29 is 13.9 Å². The van der Waals surface area contributed by atoms with Crippen LogP contribution in [0.5, 0.6) is 0 Å². The predicted molar refractivity (Wildman–Crippen MR) is 56.9 cm³/mol. The van der Waals surface area contributed by atoms with Crippen LogP contribution in [0.15, 0.2) is 5.11 Å². The summed E-state index contributed by atoms with van der Waals surface area (Å²) in [7, 11) is 0. The molecule has 0 aromatic heterocycles. The predicted octanol–water partition coefficient (Wildman–Crippen LogP) is 1.49. The number of hydrogen-bond acceptors (Lipinski definition) is 4. The van der Waals surface area contributed by atoms with Gasteiger partial charge in [0.05, 0.1) is 6.10 Å². The van der Waals surface area contributed by atoms with Crippen molar-refractivity contribution in [3.05, 3.63) is 10.4 Å². The summed E-state index contributed by atoms with van der Waals surface area (Å²) in [5, 5.41) is 12.7. The fourth-order valence-electron chi connectivity index (χ4n) is 1.16. The lowest BCUT2D eigenvalue weighted by atomic mass is 10.1. The van der Waals surface area contributed by atoms with Gasteiger partial charge in [0.25, 0.3) is 0 Å². The molecule has 0 bridgehead atoms. The molecular formula is C8H16N3O3S-. The van der Waals surface area contributed by atoms with Crippen LogP contribution in [0.25, 0.3) is 10.4 Å². The number of azide groups is 1. The van der Waals surface area contributed by atoms with E-state index in [0.29, 0.717) is 19.4 Å². The third kappa shape index (κ3) is 11.3. The second-order valence-electron chi connectivity index (χ2n) is 3.25. The highest BCUT2D eigenvalue weighted by Gasteiger charge is 2.03. The minimum Gasteiger partial charge on any atom is -0.772 e. The van der Waals surface area contributed by atoms with Crippen molar-refractivity contribution in [2.24, 2.45) is 5.11 Å². The molecular weight excluding hydrogens is 218 g/mol. The molecule has 0 aliphatic rings. The van der Waals surface area contributed by atoms with Crippen molar-refractivity contribution in [2.75, 3.05) is 12.3 Å². The van der Waals surface area contributed by atoms with Crippen molar-refractivity contribution in [1.82, 2.24) is 0 Å². The van der Waals surface area contributed by atoms with Crippen LogP contribution in [0, 0.1) is 0 Å². The molecule has 0 rings (SSSR count). The Morgan fingerprint density at radius 3 is 2.73 bits per heavy atom. The zero-order chi connectivity index (χ0) is 11.5. The molecule has 0 saturated heterocycles. The summed E-state index contributed by atoms with van der Waals surface area (Å²) in [5.74, 6) is 0.0138. The first kappa shape index (κ1) is 14.4. The molecule has 0 fully saturated rings. The Balaban J connectivity index is 3.26. The van der Waals surface area contributed by atoms with E-state index >= 15 is 0 Å². The van der Waals surface area contributed by atoms with E-state index in [1.54, 1.807) is 0 Å². The Morgan fingerprint density at radius 1 is 1.40 bits per heavy atom. The average Bonchev–Trinajstić information content (AvgIpc) is 2.20. The van der Waals surface area contributed by atoms with Crippen LogP contribution in [0.2, 0.25) is 0 Å². The van der Waals surface area contributed by atoms with E-state index in [4.69, 9.17) is 5.53 Å². The van der Waals surface area contributed by atoms with Gasteiger partial charge >= 0.3 is 0 Å². The van der Waals surface area contributed by atoms with Crippen LogP contribution in [-0.4, -0.2) is 32.3 Å². The summed E-state index contributed by atoms with van der Waals surface area (Å²) in [6.45, 7) is 0.483. The van der Waals surface area contributed by atoms with Gasteiger partial charge in [-0.2, -0.15) is 0 Å². The normalized spacial score (nSPS) is 14.3. The fourth-order valence-corrected chi connectivity index (χ4v) is 1.63. The van der Waals surface area contributed by atoms with E-state index in [1.807, 2.05) is 0 Å². The first-order chi connectivity index (χ1) is 7.16. The Labute approximate surface area is 91.6 Å². The standard InChI is InChI=1S/C8H17N3O3S/c9-11-10-6-3-1-2-4-8(12)5-7-15(13)14/h8,12H,1-7H2,(H,13,14)/p-1. The van der Waals surface area contributed by atoms with Gasteiger partial charge in [0.15, 0.2) is 0 Å². The van der Waals surface area contributed by atoms with E-state index in [1.165, 1.54) is 0 Å². The maximum Gasteiger partial charge on any atom is 0.0548 e. The van der Waals surface area contributed by atoms with Crippen molar-refractivity contribution in [1.29, 1.82) is 0 Å². The van der Waals surface area contributed by atoms with Gasteiger partial charge in [0.2, 0.25) is 0 Å². The van der Waals surface area contributed by atoms with Crippen molar-refractivity contribution in [3.63, 3.8) is 0 Å². The molecule has 0 saturated carbocycles. The van der Waals surface area contributed by atoms with E-state index in [0.717, 1.165) is 19.3 Å². The maximum atomic E-state index is 10.2. The molecule has 0 aromatic carbocycles. The molecule has 2 atom stereocenters. The number of rotatable bonds is 9. The van der Waals surface area contributed by atoms with Gasteiger partial charge in [-0.3, -0.25) is 4.21 Å². The Morgan fingerprint density at radius 2 is 2.13 bits per heavy atom. The Kier molecular flexibility index (Phi) is 9.51. The van der Waals surface area contributed by atoms with Gasteiger partial charge < -0.3 is 9.66 Å². The summed E-state index contributed by atoms with van der Waals surface area (Å²) in [6.07, 6.45) is 2.89. The minimum atomic E-state index is -2.06. The van der Waals surface area contributed by atoms with Crippen LogP contribution >= 0.6 is 0 Å². The fraction of sp³-hybridized carbons (Fsp3) is 1.00. The lowest BCUT2D eigenvalue weighted by Gasteiger charge is -2.11. The van der Waals surface area contributed by atoms with E-state index in [2.05, 4.69) is 10.0 Å². The second kappa shape index (κ2) is 9.92. The number of hydrogen-bond donors (Lipinski definition) is 1. The lowest BCUT2D eigenvalue weighted by molar-refractivity contribution is 0.157. The highest BCUT2D eigenvalue weighted by Crippen LogP contribution is 2.07. The molecule has 0 aliphatic carbocycles. The molecule has 0 spiro atoms. The van der Waals surface area contributed by atoms with E-state index in [9.17, 15) is 13.9 Å². The molecule has 0 aromatic rings. The third-order valence-corrected chi connectivity index (χ3v) is 2.55. The molecule has 7 heteroatoms. The van der Waals surface area contributed by atoms with Crippen molar-refractivity contribution in [3.8, 4) is 0 Å². The number of unbranched alkanes of at least 4 members (excludes halogenated alkanes) is 2. The van der Waals surface area contributed by atoms with Crippen LogP contribution in [0.1, 0.15) is 32.1 Å². The number of nitrogens with zero attached hydrogens (tertiary/aromatic N) is 3. The second-order valence-corrected chi connectivity index (χ2v) is 4.27. The van der Waals surface area contributed by atoms with E-state index in [-0.39, 0.29) is 5.75 Å². The molecule has 0 amide bonds. The lowest BCUT2D eigenvalue weighted by Crippen LogP contribution is -2.11. The molecule has 0 heterocycles. The topological polar surface area (TPSA) is 109 Å². The van der Waals surface area contributed by atoms with E-state index < -0.39 is 17.2 Å². The summed E-state index contributed by atoms with van der Waals surface area (Å²) in [6, 6.07) is 0. The van der Waals surface area contributed by atoms with Crippen LogP contribution in [-0.2, 0) is 11.1 Å². The highest BCUT2D eigenvalue weighted by atomic mass is 32.2. The molecule has 1 N–H and O–H groups in total. The van der Waals surface area contributed by atoms with Crippen LogP contribution < -0.4 is 0 Å². The zero-order valence-corrected chi connectivity index (χ0v) is 9.36. The summed E-state index contributed by atoms with van der Waals surface area (Å²) < 4.78 is 20.4. The van der Waals surface area contributed by atoms with Crippen LogP contribution in [0.3, 0.4) is 0 Å². The molecule has 15 heavy (non-hydrogen) atoms. The first-order valence-electron chi connectivity index (χ1n) is 4.91. The summed E-state index contributed by atoms with van der Waals surface area (Å²) in [4.78, 5) is 2.62. The summed E-state index contributed by atoms with van der Waals surface area (Å²) >= 11 is -2.06. The maximum absolute atomic E-state index is 10.2. The minimum absolute atomic E-state index is 0.0138. The van der Waals surface area contributed by atoms with Gasteiger partial charge in [0, 0.05) is 17.2 Å². The highest BCUT2D eigenvalue weighted by molar-refractivity contribution is 7.79. The van der Waals surface area contributed by atoms with Crippen molar-refractivity contribution in [2.45, 2.75) is 38.2 Å². The van der Waals surface area contributed by atoms with Gasteiger partial charge in [-0.25, -0.2) is 0 Å². The average molecular weight is 234 g/mol. The Hall–Kier alpha value is -0.620. The van der Waals surface area contributed by atoms with Gasteiger partial charge in [-0.05, 0) is 24.8 Å². The monoisotopic (exact) mass is 234 g/mol. The Bertz CT molecular complexity index is 231. The summed E-state index contributed by atoms with van der Waals surface area (Å²) in [5.41, 5.74) is 7.99. The van der Waals surface area contributed by atoms with Crippen LogP contribution in [0.4, 0.5) is 0 Å².